The minimum atomic E-state index is -0.0880. The van der Waals surface area contributed by atoms with Crippen molar-refractivity contribution in [3.8, 4) is 0 Å². The number of likely N-dealkylation sites (tertiary alicyclic amines) is 2. The van der Waals surface area contributed by atoms with Crippen molar-refractivity contribution in [1.29, 1.82) is 0 Å². The lowest BCUT2D eigenvalue weighted by atomic mass is 9.94. The first kappa shape index (κ1) is 17.9. The highest BCUT2D eigenvalue weighted by Gasteiger charge is 2.41. The first-order valence-corrected chi connectivity index (χ1v) is 10.1. The molecule has 26 heavy (non-hydrogen) atoms. The molecule has 0 aromatic carbocycles. The van der Waals surface area contributed by atoms with Crippen LogP contribution in [-0.2, 0) is 0 Å². The van der Waals surface area contributed by atoms with E-state index in [1.54, 1.807) is 12.3 Å². The quantitative estimate of drug-likeness (QED) is 0.887. The highest BCUT2D eigenvalue weighted by Crippen LogP contribution is 2.31. The third-order valence-corrected chi connectivity index (χ3v) is 6.33. The highest BCUT2D eigenvalue weighted by molar-refractivity contribution is 5.91. The molecule has 0 spiro atoms. The van der Waals surface area contributed by atoms with Crippen molar-refractivity contribution in [2.75, 3.05) is 32.7 Å². The molecular weight excluding hydrogens is 326 g/mol. The van der Waals surface area contributed by atoms with Gasteiger partial charge in [-0.05, 0) is 64.3 Å². The van der Waals surface area contributed by atoms with Gasteiger partial charge < -0.3 is 4.90 Å². The molecule has 1 amide bonds. The number of rotatable bonds is 4. The Balaban J connectivity index is 1.33. The summed E-state index contributed by atoms with van der Waals surface area (Å²) >= 11 is 0. The van der Waals surface area contributed by atoms with Crippen molar-refractivity contribution < 1.29 is 4.79 Å². The van der Waals surface area contributed by atoms with E-state index >= 15 is 0 Å². The number of hydrogen-bond donors (Lipinski definition) is 1. The fraction of sp³-hybridized carbons (Fsp3) is 0.700. The van der Waals surface area contributed by atoms with Gasteiger partial charge in [-0.2, -0.15) is 0 Å². The summed E-state index contributed by atoms with van der Waals surface area (Å²) in [6, 6.07) is 7.27. The molecule has 1 aromatic heterocycles. The van der Waals surface area contributed by atoms with E-state index in [0.717, 1.165) is 13.1 Å². The van der Waals surface area contributed by atoms with Gasteiger partial charge in [0, 0.05) is 44.0 Å². The van der Waals surface area contributed by atoms with Gasteiger partial charge in [-0.25, -0.2) is 5.01 Å². The molecule has 0 aliphatic carbocycles. The van der Waals surface area contributed by atoms with Gasteiger partial charge in [-0.1, -0.05) is 6.07 Å². The summed E-state index contributed by atoms with van der Waals surface area (Å²) in [6.45, 7) is 10.2. The lowest BCUT2D eigenvalue weighted by Gasteiger charge is -2.43. The maximum Gasteiger partial charge on any atom is 0.284 e. The number of nitrogens with zero attached hydrogens (tertiary/aromatic N) is 4. The summed E-state index contributed by atoms with van der Waals surface area (Å²) in [5.74, 6) is 0.579. The van der Waals surface area contributed by atoms with E-state index in [4.69, 9.17) is 0 Å². The summed E-state index contributed by atoms with van der Waals surface area (Å²) in [5, 5.41) is 2.17. The van der Waals surface area contributed by atoms with Crippen LogP contribution in [-0.4, -0.2) is 76.5 Å². The van der Waals surface area contributed by atoms with Gasteiger partial charge in [-0.15, -0.1) is 0 Å². The normalized spacial score (nSPS) is 28.6. The molecule has 4 heterocycles. The van der Waals surface area contributed by atoms with Crippen molar-refractivity contribution in [2.24, 2.45) is 5.92 Å². The van der Waals surface area contributed by atoms with Crippen LogP contribution in [0.3, 0.4) is 0 Å². The van der Waals surface area contributed by atoms with Crippen molar-refractivity contribution in [3.63, 3.8) is 0 Å². The van der Waals surface area contributed by atoms with Gasteiger partial charge in [0.25, 0.3) is 5.91 Å². The van der Waals surface area contributed by atoms with E-state index in [-0.39, 0.29) is 5.91 Å². The number of aromatic nitrogens is 1. The minimum absolute atomic E-state index is 0.0880. The number of carbonyl (C=O) groups excluding carboxylic acids is 1. The summed E-state index contributed by atoms with van der Waals surface area (Å²) in [5.41, 5.74) is 3.60. The second-order valence-corrected chi connectivity index (χ2v) is 8.38. The van der Waals surface area contributed by atoms with E-state index in [2.05, 4.69) is 39.1 Å². The number of piperidine rings is 2. The van der Waals surface area contributed by atoms with Crippen molar-refractivity contribution >= 4 is 5.91 Å². The molecule has 3 fully saturated rings. The Labute approximate surface area is 156 Å². The van der Waals surface area contributed by atoms with Gasteiger partial charge in [0.15, 0.2) is 0 Å². The Morgan fingerprint density at radius 1 is 1.15 bits per heavy atom. The predicted octanol–water partition coefficient (Wildman–Crippen LogP) is 1.61. The average Bonchev–Trinajstić information content (AvgIpc) is 2.95. The first-order valence-electron chi connectivity index (χ1n) is 10.1. The van der Waals surface area contributed by atoms with Crippen LogP contribution in [0.25, 0.3) is 0 Å². The lowest BCUT2D eigenvalue weighted by molar-refractivity contribution is 0.0514. The largest absolute Gasteiger partial charge is 0.301 e. The van der Waals surface area contributed by atoms with Crippen LogP contribution < -0.4 is 5.43 Å². The first-order chi connectivity index (χ1) is 12.6. The standard InChI is InChI=1S/C20H31N5O/c1-15(2)23-9-6-17(7-10-23)24-12-16-11-18(14-24)25(13-16)22-20(26)19-5-3-4-8-21-19/h3-5,8,15-18H,6-7,9-14H2,1-2H3,(H,22,26). The number of pyridine rings is 1. The van der Waals surface area contributed by atoms with Crippen LogP contribution in [0, 0.1) is 5.92 Å². The Morgan fingerprint density at radius 3 is 2.65 bits per heavy atom. The van der Waals surface area contributed by atoms with Crippen molar-refractivity contribution in [2.45, 2.75) is 51.2 Å². The number of hydrogen-bond acceptors (Lipinski definition) is 5. The van der Waals surface area contributed by atoms with E-state index in [1.165, 1.54) is 38.9 Å². The van der Waals surface area contributed by atoms with Crippen LogP contribution in [0.15, 0.2) is 24.4 Å². The molecule has 1 N–H and O–H groups in total. The maximum atomic E-state index is 12.4. The molecule has 1 aromatic rings. The zero-order valence-corrected chi connectivity index (χ0v) is 16.0. The summed E-state index contributed by atoms with van der Waals surface area (Å²) in [4.78, 5) is 21.9. The van der Waals surface area contributed by atoms with Crippen LogP contribution in [0.4, 0.5) is 0 Å². The zero-order chi connectivity index (χ0) is 18.1. The van der Waals surface area contributed by atoms with E-state index in [0.29, 0.717) is 29.7 Å². The van der Waals surface area contributed by atoms with Crippen LogP contribution in [0.2, 0.25) is 0 Å². The number of fused-ring (bicyclic) bond motifs is 2. The van der Waals surface area contributed by atoms with E-state index in [1.807, 2.05) is 12.1 Å². The fourth-order valence-corrected chi connectivity index (χ4v) is 4.88. The second kappa shape index (κ2) is 7.62. The number of hydrazine groups is 1. The Bertz CT molecular complexity index is 614. The molecule has 6 heteroatoms. The van der Waals surface area contributed by atoms with Gasteiger partial charge in [-0.3, -0.25) is 20.1 Å². The third-order valence-electron chi connectivity index (χ3n) is 6.33. The Morgan fingerprint density at radius 2 is 1.96 bits per heavy atom. The molecule has 0 radical (unpaired) electrons. The molecule has 3 aliphatic rings. The monoisotopic (exact) mass is 357 g/mol. The van der Waals surface area contributed by atoms with Crippen LogP contribution in [0.5, 0.6) is 0 Å². The van der Waals surface area contributed by atoms with Gasteiger partial charge >= 0.3 is 0 Å². The van der Waals surface area contributed by atoms with Crippen molar-refractivity contribution in [1.82, 2.24) is 25.2 Å². The topological polar surface area (TPSA) is 51.7 Å². The smallest absolute Gasteiger partial charge is 0.284 e. The SMILES string of the molecule is CC(C)N1CCC(N2CC3CC(C2)N(NC(=O)c2ccccn2)C3)CC1. The lowest BCUT2D eigenvalue weighted by Crippen LogP contribution is -2.53. The molecular formula is C20H31N5O. The maximum absolute atomic E-state index is 12.4. The summed E-state index contributed by atoms with van der Waals surface area (Å²) in [7, 11) is 0. The molecule has 2 bridgehead atoms. The van der Waals surface area contributed by atoms with E-state index < -0.39 is 0 Å². The molecule has 4 rings (SSSR count). The molecule has 2 atom stereocenters. The number of nitrogens with one attached hydrogen (secondary N) is 1. The van der Waals surface area contributed by atoms with Gasteiger partial charge in [0.05, 0.1) is 0 Å². The molecule has 3 aliphatic heterocycles. The second-order valence-electron chi connectivity index (χ2n) is 8.38. The highest BCUT2D eigenvalue weighted by atomic mass is 16.2. The van der Waals surface area contributed by atoms with Gasteiger partial charge in [0.1, 0.15) is 5.69 Å². The van der Waals surface area contributed by atoms with E-state index in [9.17, 15) is 4.79 Å². The van der Waals surface area contributed by atoms with Gasteiger partial charge in [0.2, 0.25) is 0 Å². The molecule has 0 saturated carbocycles. The third kappa shape index (κ3) is 3.77. The Kier molecular flexibility index (Phi) is 5.25. The van der Waals surface area contributed by atoms with Crippen LogP contribution >= 0.6 is 0 Å². The summed E-state index contributed by atoms with van der Waals surface area (Å²) in [6.07, 6.45) is 5.42. The zero-order valence-electron chi connectivity index (χ0n) is 16.0. The molecule has 142 valence electrons. The predicted molar refractivity (Wildman–Crippen MR) is 102 cm³/mol. The molecule has 3 saturated heterocycles. The number of amides is 1. The fourth-order valence-electron chi connectivity index (χ4n) is 4.88. The summed E-state index contributed by atoms with van der Waals surface area (Å²) < 4.78 is 0. The van der Waals surface area contributed by atoms with Crippen LogP contribution in [0.1, 0.15) is 43.6 Å². The average molecular weight is 358 g/mol. The molecule has 6 nitrogen and oxygen atoms in total. The number of carbonyl (C=O) groups is 1. The van der Waals surface area contributed by atoms with Crippen molar-refractivity contribution in [3.05, 3.63) is 30.1 Å². The molecule has 2 unspecified atom stereocenters. The Hall–Kier alpha value is -1.50. The minimum Gasteiger partial charge on any atom is -0.301 e.